The van der Waals surface area contributed by atoms with Crippen LogP contribution in [-0.4, -0.2) is 17.8 Å². The summed E-state index contributed by atoms with van der Waals surface area (Å²) in [6.07, 6.45) is 2.23. The van der Waals surface area contributed by atoms with Crippen molar-refractivity contribution < 1.29 is 13.9 Å². The summed E-state index contributed by atoms with van der Waals surface area (Å²) in [5.41, 5.74) is 0.516. The molecule has 1 N–H and O–H groups in total. The van der Waals surface area contributed by atoms with Crippen LogP contribution in [0, 0.1) is 5.82 Å². The van der Waals surface area contributed by atoms with Crippen molar-refractivity contribution in [1.29, 1.82) is 0 Å². The molecule has 0 saturated heterocycles. The Labute approximate surface area is 115 Å². The number of alkyl halides is 1. The fraction of sp³-hybridized carbons (Fsp3) is 0.462. The average Bonchev–Trinajstić information content (AvgIpc) is 2.33. The minimum absolute atomic E-state index is 0.0801. The molecule has 0 aliphatic carbocycles. The molecule has 0 atom stereocenters. The zero-order valence-electron chi connectivity index (χ0n) is 10.3. The number of nitrogens with one attached hydrogen (secondary N) is 1. The molecule has 0 unspecified atom stereocenters. The van der Waals surface area contributed by atoms with Crippen molar-refractivity contribution in [2.45, 2.75) is 26.2 Å². The van der Waals surface area contributed by atoms with Crippen molar-refractivity contribution in [2.75, 3.05) is 17.3 Å². The molecule has 0 aliphatic rings. The van der Waals surface area contributed by atoms with Crippen molar-refractivity contribution in [1.82, 2.24) is 0 Å². The minimum atomic E-state index is -0.379. The smallest absolute Gasteiger partial charge is 0.224 e. The first-order chi connectivity index (χ1) is 8.67. The molecule has 0 fully saturated rings. The lowest BCUT2D eigenvalue weighted by Gasteiger charge is -2.11. The molecule has 100 valence electrons. The van der Waals surface area contributed by atoms with Crippen LogP contribution >= 0.6 is 15.9 Å². The maximum Gasteiger partial charge on any atom is 0.224 e. The lowest BCUT2D eigenvalue weighted by atomic mass is 10.2. The molecule has 0 aliphatic heterocycles. The Bertz CT molecular complexity index is 399. The monoisotopic (exact) mass is 317 g/mol. The lowest BCUT2D eigenvalue weighted by Crippen LogP contribution is -2.12. The van der Waals surface area contributed by atoms with Crippen molar-refractivity contribution in [2.24, 2.45) is 0 Å². The maximum absolute atomic E-state index is 13.1. The molecule has 0 heterocycles. The van der Waals surface area contributed by atoms with E-state index < -0.39 is 0 Å². The van der Waals surface area contributed by atoms with E-state index >= 15 is 0 Å². The molecule has 0 bridgehead atoms. The first-order valence-electron chi connectivity index (χ1n) is 5.95. The highest BCUT2D eigenvalue weighted by molar-refractivity contribution is 9.09. The van der Waals surface area contributed by atoms with E-state index in [2.05, 4.69) is 21.2 Å². The third-order valence-electron chi connectivity index (χ3n) is 2.31. The molecular formula is C13H17BrFNO2. The predicted octanol–water partition coefficient (Wildman–Crippen LogP) is 3.73. The molecule has 1 aromatic rings. The largest absolute Gasteiger partial charge is 0.492 e. The third-order valence-corrected chi connectivity index (χ3v) is 2.87. The Hall–Kier alpha value is -1.10. The van der Waals surface area contributed by atoms with Crippen LogP contribution in [0.5, 0.6) is 5.75 Å². The Balaban J connectivity index is 2.62. The first-order valence-corrected chi connectivity index (χ1v) is 7.07. The Morgan fingerprint density at radius 3 is 2.89 bits per heavy atom. The van der Waals surface area contributed by atoms with E-state index in [0.717, 1.165) is 18.2 Å². The van der Waals surface area contributed by atoms with Gasteiger partial charge in [-0.05, 0) is 31.9 Å². The van der Waals surface area contributed by atoms with Crippen LogP contribution in [0.25, 0.3) is 0 Å². The zero-order chi connectivity index (χ0) is 13.4. The number of amides is 1. The summed E-state index contributed by atoms with van der Waals surface area (Å²) >= 11 is 3.31. The van der Waals surface area contributed by atoms with Gasteiger partial charge in [-0.1, -0.05) is 15.9 Å². The molecule has 18 heavy (non-hydrogen) atoms. The van der Waals surface area contributed by atoms with Gasteiger partial charge < -0.3 is 10.1 Å². The second kappa shape index (κ2) is 8.08. The number of ether oxygens (including phenoxy) is 1. The van der Waals surface area contributed by atoms with E-state index in [9.17, 15) is 9.18 Å². The van der Waals surface area contributed by atoms with Crippen LogP contribution in [-0.2, 0) is 4.79 Å². The summed E-state index contributed by atoms with van der Waals surface area (Å²) in [7, 11) is 0. The Morgan fingerprint density at radius 2 is 2.22 bits per heavy atom. The quantitative estimate of drug-likeness (QED) is 0.614. The van der Waals surface area contributed by atoms with E-state index in [1.165, 1.54) is 18.2 Å². The molecule has 1 aromatic carbocycles. The number of carbonyl (C=O) groups excluding carboxylic acids is 1. The fourth-order valence-electron chi connectivity index (χ4n) is 1.47. The van der Waals surface area contributed by atoms with E-state index in [-0.39, 0.29) is 11.7 Å². The SMILES string of the molecule is CCOc1cc(F)ccc1NC(=O)CCCCBr. The number of anilines is 1. The zero-order valence-corrected chi connectivity index (χ0v) is 11.9. The molecule has 1 rings (SSSR count). The molecule has 0 spiro atoms. The fourth-order valence-corrected chi connectivity index (χ4v) is 1.86. The Morgan fingerprint density at radius 1 is 1.44 bits per heavy atom. The molecule has 0 aromatic heterocycles. The second-order valence-corrected chi connectivity index (χ2v) is 4.56. The highest BCUT2D eigenvalue weighted by Gasteiger charge is 2.08. The number of rotatable bonds is 7. The average molecular weight is 318 g/mol. The summed E-state index contributed by atoms with van der Waals surface area (Å²) in [6, 6.07) is 4.09. The summed E-state index contributed by atoms with van der Waals surface area (Å²) < 4.78 is 18.3. The van der Waals surface area contributed by atoms with Gasteiger partial charge in [-0.2, -0.15) is 0 Å². The van der Waals surface area contributed by atoms with Gasteiger partial charge in [0.05, 0.1) is 12.3 Å². The number of hydrogen-bond donors (Lipinski definition) is 1. The van der Waals surface area contributed by atoms with E-state index in [4.69, 9.17) is 4.74 Å². The van der Waals surface area contributed by atoms with Crippen LogP contribution < -0.4 is 10.1 Å². The van der Waals surface area contributed by atoms with Gasteiger partial charge in [-0.3, -0.25) is 4.79 Å². The number of carbonyl (C=O) groups is 1. The molecular weight excluding hydrogens is 301 g/mol. The van der Waals surface area contributed by atoms with E-state index in [0.29, 0.717) is 24.5 Å². The number of benzene rings is 1. The third kappa shape index (κ3) is 5.04. The van der Waals surface area contributed by atoms with Crippen LogP contribution in [0.4, 0.5) is 10.1 Å². The van der Waals surface area contributed by atoms with Gasteiger partial charge in [0.1, 0.15) is 11.6 Å². The molecule has 0 radical (unpaired) electrons. The topological polar surface area (TPSA) is 38.3 Å². The highest BCUT2D eigenvalue weighted by Crippen LogP contribution is 2.25. The van der Waals surface area contributed by atoms with Crippen LogP contribution in [0.2, 0.25) is 0 Å². The highest BCUT2D eigenvalue weighted by atomic mass is 79.9. The molecule has 3 nitrogen and oxygen atoms in total. The van der Waals surface area contributed by atoms with Crippen LogP contribution in [0.3, 0.4) is 0 Å². The van der Waals surface area contributed by atoms with Gasteiger partial charge in [0.15, 0.2) is 0 Å². The first kappa shape index (κ1) is 15.0. The molecule has 0 saturated carbocycles. The van der Waals surface area contributed by atoms with Gasteiger partial charge in [-0.25, -0.2) is 4.39 Å². The Kier molecular flexibility index (Phi) is 6.72. The van der Waals surface area contributed by atoms with Gasteiger partial charge in [0.25, 0.3) is 0 Å². The lowest BCUT2D eigenvalue weighted by molar-refractivity contribution is -0.116. The molecule has 5 heteroatoms. The standard InChI is InChI=1S/C13H17BrFNO2/c1-2-18-12-9-10(15)6-7-11(12)16-13(17)5-3-4-8-14/h6-7,9H,2-5,8H2,1H3,(H,16,17). The van der Waals surface area contributed by atoms with Gasteiger partial charge in [0, 0.05) is 17.8 Å². The van der Waals surface area contributed by atoms with Crippen LogP contribution in [0.15, 0.2) is 18.2 Å². The van der Waals surface area contributed by atoms with Crippen molar-refractivity contribution in [3.8, 4) is 5.75 Å². The number of hydrogen-bond acceptors (Lipinski definition) is 2. The summed E-state index contributed by atoms with van der Waals surface area (Å²) in [5, 5.41) is 3.63. The number of unbranched alkanes of at least 4 members (excludes halogenated alkanes) is 1. The summed E-state index contributed by atoms with van der Waals surface area (Å²) in [5.74, 6) is -0.0920. The molecule has 1 amide bonds. The van der Waals surface area contributed by atoms with E-state index in [1.54, 1.807) is 0 Å². The minimum Gasteiger partial charge on any atom is -0.492 e. The van der Waals surface area contributed by atoms with Gasteiger partial charge >= 0.3 is 0 Å². The summed E-state index contributed by atoms with van der Waals surface area (Å²) in [6.45, 7) is 2.24. The number of halogens is 2. The van der Waals surface area contributed by atoms with Gasteiger partial charge in [-0.15, -0.1) is 0 Å². The maximum atomic E-state index is 13.1. The summed E-state index contributed by atoms with van der Waals surface area (Å²) in [4.78, 5) is 11.7. The van der Waals surface area contributed by atoms with Crippen molar-refractivity contribution in [3.63, 3.8) is 0 Å². The van der Waals surface area contributed by atoms with Crippen molar-refractivity contribution in [3.05, 3.63) is 24.0 Å². The normalized spacial score (nSPS) is 10.2. The van der Waals surface area contributed by atoms with E-state index in [1.807, 2.05) is 6.92 Å². The van der Waals surface area contributed by atoms with Crippen molar-refractivity contribution >= 4 is 27.5 Å². The van der Waals surface area contributed by atoms with Gasteiger partial charge in [0.2, 0.25) is 5.91 Å². The predicted molar refractivity (Wildman–Crippen MR) is 73.8 cm³/mol. The van der Waals surface area contributed by atoms with Crippen LogP contribution in [0.1, 0.15) is 26.2 Å². The second-order valence-electron chi connectivity index (χ2n) is 3.77.